The van der Waals surface area contributed by atoms with E-state index < -0.39 is 0 Å². The van der Waals surface area contributed by atoms with E-state index in [4.69, 9.17) is 9.15 Å². The Morgan fingerprint density at radius 1 is 1.18 bits per heavy atom. The summed E-state index contributed by atoms with van der Waals surface area (Å²) < 4.78 is 11.7. The van der Waals surface area contributed by atoms with Crippen molar-refractivity contribution >= 4 is 27.8 Å². The first-order valence-corrected chi connectivity index (χ1v) is 10.4. The molecule has 2 aliphatic rings. The minimum Gasteiger partial charge on any atom is -0.454 e. The minimum atomic E-state index is 0.130. The summed E-state index contributed by atoms with van der Waals surface area (Å²) >= 11 is 0. The molecule has 5 nitrogen and oxygen atoms in total. The van der Waals surface area contributed by atoms with Gasteiger partial charge in [-0.25, -0.2) is 0 Å². The smallest absolute Gasteiger partial charge is 0.223 e. The molecule has 0 spiro atoms. The Bertz CT molecular complexity index is 1020. The maximum Gasteiger partial charge on any atom is 0.223 e. The maximum atomic E-state index is 12.6. The number of hydrogen-bond acceptors (Lipinski definition) is 4. The van der Waals surface area contributed by atoms with Gasteiger partial charge < -0.3 is 14.1 Å². The van der Waals surface area contributed by atoms with Crippen molar-refractivity contribution < 1.29 is 13.9 Å². The van der Waals surface area contributed by atoms with Gasteiger partial charge in [-0.15, -0.1) is 0 Å². The number of hydrogen-bond donors (Lipinski definition) is 0. The number of epoxide rings is 1. The van der Waals surface area contributed by atoms with Gasteiger partial charge in [-0.1, -0.05) is 38.3 Å². The standard InChI is InChI=1S/C23H26N2O3/c1-2-3-4-5-10-25-13-15(11-21(25)26)16-6-7-18(20-14-27-20)23-22(16)17-8-9-24-12-19(17)28-23/h6-9,12,15,20H,2-5,10-11,13-14H2,1H3. The Kier molecular flexibility index (Phi) is 4.55. The molecule has 5 heteroatoms. The molecule has 4 heterocycles. The highest BCUT2D eigenvalue weighted by Gasteiger charge is 2.34. The largest absolute Gasteiger partial charge is 0.454 e. The fourth-order valence-electron chi connectivity index (χ4n) is 4.53. The van der Waals surface area contributed by atoms with Crippen LogP contribution in [0.15, 0.2) is 35.0 Å². The zero-order chi connectivity index (χ0) is 19.1. The van der Waals surface area contributed by atoms with E-state index in [1.54, 1.807) is 12.4 Å². The lowest BCUT2D eigenvalue weighted by Gasteiger charge is -2.17. The number of nitrogens with zero attached hydrogens (tertiary/aromatic N) is 2. The van der Waals surface area contributed by atoms with E-state index >= 15 is 0 Å². The summed E-state index contributed by atoms with van der Waals surface area (Å²) in [5, 5.41) is 2.22. The van der Waals surface area contributed by atoms with Gasteiger partial charge in [-0.2, -0.15) is 0 Å². The highest BCUT2D eigenvalue weighted by atomic mass is 16.6. The summed E-state index contributed by atoms with van der Waals surface area (Å²) in [6.07, 6.45) is 9.05. The van der Waals surface area contributed by atoms with Gasteiger partial charge in [0.25, 0.3) is 0 Å². The molecule has 2 fully saturated rings. The molecule has 146 valence electrons. The molecule has 0 aliphatic carbocycles. The highest BCUT2D eigenvalue weighted by Crippen LogP contribution is 2.43. The monoisotopic (exact) mass is 378 g/mol. The van der Waals surface area contributed by atoms with Crippen molar-refractivity contribution in [2.75, 3.05) is 19.7 Å². The van der Waals surface area contributed by atoms with E-state index in [1.807, 2.05) is 11.0 Å². The van der Waals surface area contributed by atoms with Crippen LogP contribution >= 0.6 is 0 Å². The average Bonchev–Trinajstić information content (AvgIpc) is 3.38. The van der Waals surface area contributed by atoms with Crippen molar-refractivity contribution in [2.45, 2.75) is 51.0 Å². The predicted octanol–water partition coefficient (Wildman–Crippen LogP) is 4.95. The van der Waals surface area contributed by atoms with Crippen molar-refractivity contribution in [3.8, 4) is 0 Å². The average molecular weight is 378 g/mol. The number of rotatable bonds is 7. The molecular formula is C23H26N2O3. The molecule has 2 aromatic heterocycles. The molecular weight excluding hydrogens is 352 g/mol. The van der Waals surface area contributed by atoms with Gasteiger partial charge >= 0.3 is 0 Å². The van der Waals surface area contributed by atoms with Crippen LogP contribution in [-0.4, -0.2) is 35.5 Å². The second-order valence-corrected chi connectivity index (χ2v) is 8.05. The number of fused-ring (bicyclic) bond motifs is 3. The van der Waals surface area contributed by atoms with Crippen LogP contribution in [0.25, 0.3) is 21.9 Å². The zero-order valence-electron chi connectivity index (χ0n) is 16.3. The molecule has 5 rings (SSSR count). The summed E-state index contributed by atoms with van der Waals surface area (Å²) in [6, 6.07) is 6.33. The summed E-state index contributed by atoms with van der Waals surface area (Å²) in [4.78, 5) is 18.9. The summed E-state index contributed by atoms with van der Waals surface area (Å²) in [6.45, 7) is 4.64. The van der Waals surface area contributed by atoms with Gasteiger partial charge in [0.1, 0.15) is 11.7 Å². The first-order valence-electron chi connectivity index (χ1n) is 10.4. The number of furan rings is 1. The number of benzene rings is 1. The fraction of sp³-hybridized carbons (Fsp3) is 0.478. The number of ether oxygens (including phenoxy) is 1. The Labute approximate surface area is 164 Å². The highest BCUT2D eigenvalue weighted by molar-refractivity contribution is 6.08. The first kappa shape index (κ1) is 17.7. The summed E-state index contributed by atoms with van der Waals surface area (Å²) in [5.41, 5.74) is 4.02. The van der Waals surface area contributed by atoms with Crippen molar-refractivity contribution in [2.24, 2.45) is 0 Å². The molecule has 2 unspecified atom stereocenters. The van der Waals surface area contributed by atoms with Crippen LogP contribution in [-0.2, 0) is 9.53 Å². The predicted molar refractivity (Wildman–Crippen MR) is 108 cm³/mol. The molecule has 2 aliphatic heterocycles. The van der Waals surface area contributed by atoms with Crippen LogP contribution in [0.4, 0.5) is 0 Å². The van der Waals surface area contributed by atoms with Crippen LogP contribution in [0.3, 0.4) is 0 Å². The SMILES string of the molecule is CCCCCCN1CC(c2ccc(C3CO3)c3oc4cnccc4c23)CC1=O. The maximum absolute atomic E-state index is 12.6. The lowest BCUT2D eigenvalue weighted by molar-refractivity contribution is -0.127. The second-order valence-electron chi connectivity index (χ2n) is 8.05. The molecule has 0 radical (unpaired) electrons. The normalized spacial score (nSPS) is 21.9. The lowest BCUT2D eigenvalue weighted by Crippen LogP contribution is -2.26. The number of amides is 1. The van der Waals surface area contributed by atoms with E-state index in [1.165, 1.54) is 24.8 Å². The van der Waals surface area contributed by atoms with Gasteiger partial charge in [-0.05, 0) is 18.1 Å². The van der Waals surface area contributed by atoms with Crippen LogP contribution < -0.4 is 0 Å². The van der Waals surface area contributed by atoms with E-state index in [9.17, 15) is 4.79 Å². The fourth-order valence-corrected chi connectivity index (χ4v) is 4.53. The number of likely N-dealkylation sites (tertiary alicyclic amines) is 1. The van der Waals surface area contributed by atoms with Gasteiger partial charge in [0.2, 0.25) is 5.91 Å². The Hall–Kier alpha value is -2.40. The van der Waals surface area contributed by atoms with Gasteiger partial charge in [0.05, 0.1) is 12.8 Å². The van der Waals surface area contributed by atoms with Crippen LogP contribution in [0.1, 0.15) is 62.2 Å². The number of unbranched alkanes of at least 4 members (excludes halogenated alkanes) is 3. The van der Waals surface area contributed by atoms with Gasteiger partial charge in [-0.3, -0.25) is 9.78 Å². The van der Waals surface area contributed by atoms with Crippen molar-refractivity contribution in [3.63, 3.8) is 0 Å². The van der Waals surface area contributed by atoms with Crippen LogP contribution in [0.5, 0.6) is 0 Å². The molecule has 1 aromatic carbocycles. The Morgan fingerprint density at radius 2 is 2.04 bits per heavy atom. The third-order valence-electron chi connectivity index (χ3n) is 6.10. The molecule has 0 N–H and O–H groups in total. The first-order chi connectivity index (χ1) is 13.8. The van der Waals surface area contributed by atoms with E-state index in [0.717, 1.165) is 53.6 Å². The molecule has 0 saturated carbocycles. The number of pyridine rings is 1. The van der Waals surface area contributed by atoms with E-state index in [2.05, 4.69) is 24.0 Å². The van der Waals surface area contributed by atoms with Gasteiger partial charge in [0, 0.05) is 48.0 Å². The molecule has 0 bridgehead atoms. The van der Waals surface area contributed by atoms with Crippen molar-refractivity contribution in [1.82, 2.24) is 9.88 Å². The molecule has 3 aromatic rings. The number of carbonyl (C=O) groups is 1. The Morgan fingerprint density at radius 3 is 2.86 bits per heavy atom. The summed E-state index contributed by atoms with van der Waals surface area (Å²) in [7, 11) is 0. The third-order valence-corrected chi connectivity index (χ3v) is 6.10. The lowest BCUT2D eigenvalue weighted by atomic mass is 9.91. The third kappa shape index (κ3) is 3.08. The minimum absolute atomic E-state index is 0.130. The molecule has 2 saturated heterocycles. The quantitative estimate of drug-likeness (QED) is 0.431. The topological polar surface area (TPSA) is 58.9 Å². The van der Waals surface area contributed by atoms with Gasteiger partial charge in [0.15, 0.2) is 5.58 Å². The van der Waals surface area contributed by atoms with Crippen molar-refractivity contribution in [3.05, 3.63) is 41.7 Å². The molecule has 1 amide bonds. The van der Waals surface area contributed by atoms with Crippen molar-refractivity contribution in [1.29, 1.82) is 0 Å². The summed E-state index contributed by atoms with van der Waals surface area (Å²) in [5.74, 6) is 0.489. The molecule has 28 heavy (non-hydrogen) atoms. The number of aromatic nitrogens is 1. The van der Waals surface area contributed by atoms with E-state index in [0.29, 0.717) is 6.42 Å². The van der Waals surface area contributed by atoms with Crippen LogP contribution in [0.2, 0.25) is 0 Å². The van der Waals surface area contributed by atoms with Crippen LogP contribution in [0, 0.1) is 0 Å². The van der Waals surface area contributed by atoms with E-state index in [-0.39, 0.29) is 17.9 Å². The molecule has 2 atom stereocenters. The Balaban J connectivity index is 1.49. The zero-order valence-corrected chi connectivity index (χ0v) is 16.3. The second kappa shape index (κ2) is 7.21. The number of carbonyl (C=O) groups excluding carboxylic acids is 1.